The molecule has 1 N–H and O–H groups in total. The topological polar surface area (TPSA) is 12.0 Å². The van der Waals surface area contributed by atoms with Crippen molar-refractivity contribution in [2.45, 2.75) is 59.4 Å². The van der Waals surface area contributed by atoms with Crippen LogP contribution in [0.25, 0.3) is 0 Å². The van der Waals surface area contributed by atoms with Crippen molar-refractivity contribution in [1.82, 2.24) is 5.32 Å². The number of nitrogens with one attached hydrogen (secondary N) is 1. The van der Waals surface area contributed by atoms with Crippen LogP contribution in [0.1, 0.15) is 53.4 Å². The van der Waals surface area contributed by atoms with Crippen molar-refractivity contribution in [2.75, 3.05) is 6.54 Å². The first-order valence-electron chi connectivity index (χ1n) is 5.76. The summed E-state index contributed by atoms with van der Waals surface area (Å²) >= 11 is 0. The molecule has 0 amide bonds. The Morgan fingerprint density at radius 1 is 1.31 bits per heavy atom. The minimum absolute atomic E-state index is 0.570. The molecular weight excluding hydrogens is 158 g/mol. The number of hydrogen-bond acceptors (Lipinski definition) is 1. The van der Waals surface area contributed by atoms with E-state index in [1.54, 1.807) is 0 Å². The summed E-state index contributed by atoms with van der Waals surface area (Å²) in [6.45, 7) is 10.5. The molecule has 0 aliphatic heterocycles. The summed E-state index contributed by atoms with van der Waals surface area (Å²) in [4.78, 5) is 0. The Labute approximate surface area is 83.3 Å². The maximum absolute atomic E-state index is 3.50. The van der Waals surface area contributed by atoms with Gasteiger partial charge in [0.25, 0.3) is 0 Å². The minimum atomic E-state index is 0.570. The first-order chi connectivity index (χ1) is 6.02. The van der Waals surface area contributed by atoms with Gasteiger partial charge in [0, 0.05) is 6.04 Å². The van der Waals surface area contributed by atoms with Gasteiger partial charge in [-0.3, -0.25) is 0 Å². The minimum Gasteiger partial charge on any atom is -0.315 e. The normalized spacial score (nSPS) is 19.2. The average molecular weight is 183 g/mol. The van der Waals surface area contributed by atoms with E-state index in [0.29, 0.717) is 11.5 Å². The summed E-state index contributed by atoms with van der Waals surface area (Å²) < 4.78 is 0. The molecule has 0 saturated heterocycles. The summed E-state index contributed by atoms with van der Waals surface area (Å²) in [6, 6.07) is 0.636. The summed E-state index contributed by atoms with van der Waals surface area (Å²) in [6.07, 6.45) is 5.73. The van der Waals surface area contributed by atoms with Gasteiger partial charge in [-0.1, -0.05) is 34.1 Å². The summed E-state index contributed by atoms with van der Waals surface area (Å²) in [7, 11) is 0. The van der Waals surface area contributed by atoms with Crippen LogP contribution in [0.5, 0.6) is 0 Å². The average Bonchev–Trinajstić information content (AvgIpc) is 1.79. The van der Waals surface area contributed by atoms with Crippen LogP contribution in [0.3, 0.4) is 0 Å². The maximum Gasteiger partial charge on any atom is 0.00103 e. The Hall–Kier alpha value is -0.0400. The van der Waals surface area contributed by atoms with E-state index in [2.05, 4.69) is 33.0 Å². The van der Waals surface area contributed by atoms with Crippen molar-refractivity contribution in [2.24, 2.45) is 11.3 Å². The van der Waals surface area contributed by atoms with Crippen molar-refractivity contribution in [1.29, 1.82) is 0 Å². The van der Waals surface area contributed by atoms with Crippen LogP contribution in [0.15, 0.2) is 0 Å². The molecule has 0 aromatic heterocycles. The van der Waals surface area contributed by atoms with Gasteiger partial charge in [-0.15, -0.1) is 0 Å². The highest BCUT2D eigenvalue weighted by Crippen LogP contribution is 2.43. The summed E-state index contributed by atoms with van der Waals surface area (Å²) in [5.41, 5.74) is 0.570. The standard InChI is InChI=1S/C12H25N/c1-10(2)13-9-8-12(3,4)11-6-5-7-11/h10-11,13H,5-9H2,1-4H3. The molecule has 0 atom stereocenters. The van der Waals surface area contributed by atoms with Crippen LogP contribution in [0.2, 0.25) is 0 Å². The third-order valence-corrected chi connectivity index (χ3v) is 3.53. The van der Waals surface area contributed by atoms with Gasteiger partial charge < -0.3 is 5.32 Å². The molecule has 1 aliphatic carbocycles. The van der Waals surface area contributed by atoms with Crippen LogP contribution >= 0.6 is 0 Å². The number of rotatable bonds is 5. The molecule has 1 fully saturated rings. The monoisotopic (exact) mass is 183 g/mol. The quantitative estimate of drug-likeness (QED) is 0.690. The lowest BCUT2D eigenvalue weighted by molar-refractivity contribution is 0.110. The molecule has 1 saturated carbocycles. The Morgan fingerprint density at radius 2 is 1.92 bits per heavy atom. The lowest BCUT2D eigenvalue weighted by Gasteiger charge is -2.40. The molecule has 0 spiro atoms. The lowest BCUT2D eigenvalue weighted by Crippen LogP contribution is -2.34. The van der Waals surface area contributed by atoms with Gasteiger partial charge in [0.05, 0.1) is 0 Å². The zero-order chi connectivity index (χ0) is 9.90. The molecule has 0 aromatic carbocycles. The molecule has 0 heterocycles. The zero-order valence-corrected chi connectivity index (χ0v) is 9.69. The van der Waals surface area contributed by atoms with E-state index < -0.39 is 0 Å². The zero-order valence-electron chi connectivity index (χ0n) is 9.69. The van der Waals surface area contributed by atoms with E-state index in [1.165, 1.54) is 32.2 Å². The Morgan fingerprint density at radius 3 is 2.31 bits per heavy atom. The van der Waals surface area contributed by atoms with Gasteiger partial charge >= 0.3 is 0 Å². The first-order valence-corrected chi connectivity index (χ1v) is 5.76. The third kappa shape index (κ3) is 3.30. The molecule has 1 rings (SSSR count). The lowest BCUT2D eigenvalue weighted by atomic mass is 9.66. The fourth-order valence-corrected chi connectivity index (χ4v) is 2.08. The van der Waals surface area contributed by atoms with Crippen LogP contribution in [0, 0.1) is 11.3 Å². The van der Waals surface area contributed by atoms with E-state index in [9.17, 15) is 0 Å². The second-order valence-electron chi connectivity index (χ2n) is 5.48. The van der Waals surface area contributed by atoms with Crippen molar-refractivity contribution in [3.05, 3.63) is 0 Å². The molecule has 0 radical (unpaired) electrons. The third-order valence-electron chi connectivity index (χ3n) is 3.53. The van der Waals surface area contributed by atoms with E-state index in [4.69, 9.17) is 0 Å². The summed E-state index contributed by atoms with van der Waals surface area (Å²) in [5.74, 6) is 1.00. The fraction of sp³-hybridized carbons (Fsp3) is 1.00. The van der Waals surface area contributed by atoms with E-state index >= 15 is 0 Å². The van der Waals surface area contributed by atoms with Crippen molar-refractivity contribution in [3.8, 4) is 0 Å². The van der Waals surface area contributed by atoms with Crippen LogP contribution < -0.4 is 5.32 Å². The molecular formula is C12H25N. The van der Waals surface area contributed by atoms with Crippen molar-refractivity contribution < 1.29 is 0 Å². The molecule has 13 heavy (non-hydrogen) atoms. The highest BCUT2D eigenvalue weighted by molar-refractivity contribution is 4.84. The SMILES string of the molecule is CC(C)NCCC(C)(C)C1CCC1. The second kappa shape index (κ2) is 4.45. The van der Waals surface area contributed by atoms with E-state index in [1.807, 2.05) is 0 Å². The molecule has 1 aliphatic rings. The summed E-state index contributed by atoms with van der Waals surface area (Å²) in [5, 5.41) is 3.50. The van der Waals surface area contributed by atoms with Crippen molar-refractivity contribution >= 4 is 0 Å². The fourth-order valence-electron chi connectivity index (χ4n) is 2.08. The van der Waals surface area contributed by atoms with Crippen LogP contribution in [-0.4, -0.2) is 12.6 Å². The molecule has 0 bridgehead atoms. The largest absolute Gasteiger partial charge is 0.315 e. The molecule has 0 aromatic rings. The van der Waals surface area contributed by atoms with E-state index in [0.717, 1.165) is 5.92 Å². The van der Waals surface area contributed by atoms with Gasteiger partial charge in [-0.25, -0.2) is 0 Å². The predicted octanol–water partition coefficient (Wildman–Crippen LogP) is 3.20. The highest BCUT2D eigenvalue weighted by Gasteiger charge is 2.33. The Kier molecular flexibility index (Phi) is 3.78. The predicted molar refractivity (Wildman–Crippen MR) is 58.9 cm³/mol. The highest BCUT2D eigenvalue weighted by atomic mass is 14.9. The van der Waals surface area contributed by atoms with Gasteiger partial charge in [-0.2, -0.15) is 0 Å². The smallest absolute Gasteiger partial charge is 0.00103 e. The Balaban J connectivity index is 2.17. The van der Waals surface area contributed by atoms with Crippen molar-refractivity contribution in [3.63, 3.8) is 0 Å². The molecule has 78 valence electrons. The van der Waals surface area contributed by atoms with E-state index in [-0.39, 0.29) is 0 Å². The van der Waals surface area contributed by atoms with Gasteiger partial charge in [0.2, 0.25) is 0 Å². The molecule has 1 heteroatoms. The van der Waals surface area contributed by atoms with Gasteiger partial charge in [0.15, 0.2) is 0 Å². The molecule has 1 nitrogen and oxygen atoms in total. The van der Waals surface area contributed by atoms with Crippen LogP contribution in [-0.2, 0) is 0 Å². The Bertz CT molecular complexity index is 145. The first kappa shape index (κ1) is 11.0. The van der Waals surface area contributed by atoms with Gasteiger partial charge in [-0.05, 0) is 37.1 Å². The number of hydrogen-bond donors (Lipinski definition) is 1. The van der Waals surface area contributed by atoms with Gasteiger partial charge in [0.1, 0.15) is 0 Å². The van der Waals surface area contributed by atoms with Crippen LogP contribution in [0.4, 0.5) is 0 Å². The maximum atomic E-state index is 3.50. The second-order valence-corrected chi connectivity index (χ2v) is 5.48. The molecule has 0 unspecified atom stereocenters.